The first-order valence-electron chi connectivity index (χ1n) is 7.26. The molecule has 3 nitrogen and oxygen atoms in total. The Hall–Kier alpha value is -1.77. The van der Waals surface area contributed by atoms with Crippen LogP contribution in [0.4, 0.5) is 5.69 Å². The second-order valence-corrected chi connectivity index (χ2v) is 5.12. The van der Waals surface area contributed by atoms with Crippen molar-refractivity contribution in [3.05, 3.63) is 41.2 Å². The molecular formula is C16H21N3. The Morgan fingerprint density at radius 1 is 1.21 bits per heavy atom. The van der Waals surface area contributed by atoms with Gasteiger partial charge in [-0.15, -0.1) is 0 Å². The number of fused-ring (bicyclic) bond motifs is 1. The molecular weight excluding hydrogens is 234 g/mol. The lowest BCUT2D eigenvalue weighted by molar-refractivity contribution is 0.785. The highest BCUT2D eigenvalue weighted by atomic mass is 15.3. The van der Waals surface area contributed by atoms with E-state index in [1.165, 1.54) is 41.2 Å². The predicted molar refractivity (Wildman–Crippen MR) is 79.1 cm³/mol. The summed E-state index contributed by atoms with van der Waals surface area (Å²) in [4.78, 5) is 0. The van der Waals surface area contributed by atoms with Gasteiger partial charge in [0.1, 0.15) is 0 Å². The average Bonchev–Trinajstić information content (AvgIpc) is 2.90. The lowest BCUT2D eigenvalue weighted by atomic mass is 10.0. The van der Waals surface area contributed by atoms with Gasteiger partial charge in [0.05, 0.1) is 11.4 Å². The van der Waals surface area contributed by atoms with Crippen LogP contribution in [0.5, 0.6) is 0 Å². The normalized spacial score (nSPS) is 14.0. The maximum Gasteiger partial charge on any atom is 0.0653 e. The highest BCUT2D eigenvalue weighted by Crippen LogP contribution is 2.25. The highest BCUT2D eigenvalue weighted by molar-refractivity contribution is 5.57. The fourth-order valence-electron chi connectivity index (χ4n) is 2.72. The Morgan fingerprint density at radius 2 is 2.11 bits per heavy atom. The summed E-state index contributed by atoms with van der Waals surface area (Å²) in [6.07, 6.45) is 4.39. The Morgan fingerprint density at radius 3 is 2.89 bits per heavy atom. The highest BCUT2D eigenvalue weighted by Gasteiger charge is 2.12. The van der Waals surface area contributed by atoms with Gasteiger partial charge in [0.25, 0.3) is 0 Å². The maximum absolute atomic E-state index is 4.71. The molecule has 0 bridgehead atoms. The number of rotatable bonds is 3. The van der Waals surface area contributed by atoms with Crippen molar-refractivity contribution in [3.8, 4) is 5.69 Å². The summed E-state index contributed by atoms with van der Waals surface area (Å²) in [5.74, 6) is 0. The van der Waals surface area contributed by atoms with Crippen LogP contribution in [0.25, 0.3) is 5.69 Å². The monoisotopic (exact) mass is 255 g/mol. The van der Waals surface area contributed by atoms with E-state index >= 15 is 0 Å². The van der Waals surface area contributed by atoms with Crippen LogP contribution in [-0.2, 0) is 19.3 Å². The van der Waals surface area contributed by atoms with Crippen LogP contribution in [0.15, 0.2) is 24.3 Å². The third-order valence-electron chi connectivity index (χ3n) is 3.83. The molecule has 100 valence electrons. The van der Waals surface area contributed by atoms with Gasteiger partial charge in [-0.05, 0) is 55.5 Å². The molecule has 0 radical (unpaired) electrons. The molecule has 0 spiro atoms. The largest absolute Gasteiger partial charge is 0.385 e. The standard InChI is InChI=1S/C16H21N3/c1-3-13-11-14(4-2)19(18-13)15-7-8-16-12(10-15)6-5-9-17-16/h7-8,10-11,17H,3-6,9H2,1-2H3. The van der Waals surface area contributed by atoms with Crippen molar-refractivity contribution in [3.63, 3.8) is 0 Å². The number of nitrogens with one attached hydrogen (secondary N) is 1. The van der Waals surface area contributed by atoms with E-state index in [4.69, 9.17) is 5.10 Å². The second-order valence-electron chi connectivity index (χ2n) is 5.12. The summed E-state index contributed by atoms with van der Waals surface area (Å²) in [5.41, 5.74) is 6.36. The summed E-state index contributed by atoms with van der Waals surface area (Å²) in [6.45, 7) is 5.43. The summed E-state index contributed by atoms with van der Waals surface area (Å²) < 4.78 is 2.10. The number of hydrogen-bond donors (Lipinski definition) is 1. The smallest absolute Gasteiger partial charge is 0.0653 e. The van der Waals surface area contributed by atoms with Crippen LogP contribution < -0.4 is 5.32 Å². The molecule has 2 aromatic rings. The Balaban J connectivity index is 2.04. The van der Waals surface area contributed by atoms with Gasteiger partial charge in [-0.3, -0.25) is 0 Å². The molecule has 1 aliphatic heterocycles. The lowest BCUT2D eigenvalue weighted by Crippen LogP contribution is -2.12. The minimum Gasteiger partial charge on any atom is -0.385 e. The van der Waals surface area contributed by atoms with Crippen LogP contribution in [0.1, 0.15) is 37.2 Å². The van der Waals surface area contributed by atoms with Crippen LogP contribution >= 0.6 is 0 Å². The number of aryl methyl sites for hydroxylation is 3. The zero-order chi connectivity index (χ0) is 13.2. The second kappa shape index (κ2) is 5.08. The van der Waals surface area contributed by atoms with E-state index in [0.717, 1.165) is 19.4 Å². The number of benzene rings is 1. The van der Waals surface area contributed by atoms with Crippen LogP contribution in [0, 0.1) is 0 Å². The van der Waals surface area contributed by atoms with Crippen molar-refractivity contribution in [2.75, 3.05) is 11.9 Å². The number of anilines is 1. The molecule has 1 aromatic heterocycles. The van der Waals surface area contributed by atoms with Crippen LogP contribution in [-0.4, -0.2) is 16.3 Å². The summed E-state index contributed by atoms with van der Waals surface area (Å²) in [5, 5.41) is 8.17. The summed E-state index contributed by atoms with van der Waals surface area (Å²) in [6, 6.07) is 8.87. The molecule has 3 heteroatoms. The van der Waals surface area contributed by atoms with Gasteiger partial charge in [0, 0.05) is 17.9 Å². The molecule has 2 heterocycles. The topological polar surface area (TPSA) is 29.9 Å². The van der Waals surface area contributed by atoms with Gasteiger partial charge in [0.15, 0.2) is 0 Å². The van der Waals surface area contributed by atoms with Crippen LogP contribution in [0.3, 0.4) is 0 Å². The first kappa shape index (κ1) is 12.3. The molecule has 1 aromatic carbocycles. The Bertz CT molecular complexity index is 584. The molecule has 0 fully saturated rings. The van der Waals surface area contributed by atoms with E-state index in [1.54, 1.807) is 0 Å². The fraction of sp³-hybridized carbons (Fsp3) is 0.438. The van der Waals surface area contributed by atoms with Gasteiger partial charge >= 0.3 is 0 Å². The van der Waals surface area contributed by atoms with Gasteiger partial charge in [-0.1, -0.05) is 13.8 Å². The molecule has 3 rings (SSSR count). The molecule has 0 atom stereocenters. The maximum atomic E-state index is 4.71. The lowest BCUT2D eigenvalue weighted by Gasteiger charge is -2.19. The molecule has 0 saturated heterocycles. The van der Waals surface area contributed by atoms with Gasteiger partial charge in [0.2, 0.25) is 0 Å². The first-order chi connectivity index (χ1) is 9.31. The van der Waals surface area contributed by atoms with Crippen molar-refractivity contribution in [1.29, 1.82) is 0 Å². The number of aromatic nitrogens is 2. The van der Waals surface area contributed by atoms with Crippen molar-refractivity contribution in [1.82, 2.24) is 9.78 Å². The first-order valence-corrected chi connectivity index (χ1v) is 7.26. The third kappa shape index (κ3) is 2.25. The third-order valence-corrected chi connectivity index (χ3v) is 3.83. The van der Waals surface area contributed by atoms with E-state index in [2.05, 4.69) is 48.1 Å². The van der Waals surface area contributed by atoms with Crippen molar-refractivity contribution in [2.24, 2.45) is 0 Å². The van der Waals surface area contributed by atoms with Crippen molar-refractivity contribution in [2.45, 2.75) is 39.5 Å². The summed E-state index contributed by atoms with van der Waals surface area (Å²) in [7, 11) is 0. The average molecular weight is 255 g/mol. The van der Waals surface area contributed by atoms with E-state index in [9.17, 15) is 0 Å². The SMILES string of the molecule is CCc1cc(CC)n(-c2ccc3c(c2)CCCN3)n1. The van der Waals surface area contributed by atoms with Crippen LogP contribution in [0.2, 0.25) is 0 Å². The minimum atomic E-state index is 0.993. The quantitative estimate of drug-likeness (QED) is 0.911. The van der Waals surface area contributed by atoms with E-state index in [-0.39, 0.29) is 0 Å². The van der Waals surface area contributed by atoms with Crippen molar-refractivity contribution < 1.29 is 0 Å². The Kier molecular flexibility index (Phi) is 3.28. The fourth-order valence-corrected chi connectivity index (χ4v) is 2.72. The summed E-state index contributed by atoms with van der Waals surface area (Å²) >= 11 is 0. The number of hydrogen-bond acceptors (Lipinski definition) is 2. The minimum absolute atomic E-state index is 0.993. The molecule has 1 N–H and O–H groups in total. The molecule has 19 heavy (non-hydrogen) atoms. The predicted octanol–water partition coefficient (Wildman–Crippen LogP) is 3.36. The molecule has 0 unspecified atom stereocenters. The van der Waals surface area contributed by atoms with Gasteiger partial charge in [-0.25, -0.2) is 4.68 Å². The van der Waals surface area contributed by atoms with Crippen molar-refractivity contribution >= 4 is 5.69 Å². The zero-order valence-corrected chi connectivity index (χ0v) is 11.7. The molecule has 0 aliphatic carbocycles. The molecule has 0 amide bonds. The van der Waals surface area contributed by atoms with Gasteiger partial charge in [-0.2, -0.15) is 5.10 Å². The van der Waals surface area contributed by atoms with E-state index in [1.807, 2.05) is 0 Å². The molecule has 1 aliphatic rings. The Labute approximate surface area is 114 Å². The van der Waals surface area contributed by atoms with Gasteiger partial charge < -0.3 is 5.32 Å². The van der Waals surface area contributed by atoms with E-state index in [0.29, 0.717) is 0 Å². The number of nitrogens with zero attached hydrogens (tertiary/aromatic N) is 2. The zero-order valence-electron chi connectivity index (χ0n) is 11.7. The van der Waals surface area contributed by atoms with E-state index < -0.39 is 0 Å². The molecule has 0 saturated carbocycles.